The number of aryl methyl sites for hydroxylation is 1. The fourth-order valence-electron chi connectivity index (χ4n) is 2.08. The van der Waals surface area contributed by atoms with Crippen LogP contribution in [-0.4, -0.2) is 24.1 Å². The number of carbonyl (C=O) groups excluding carboxylic acids is 2. The summed E-state index contributed by atoms with van der Waals surface area (Å²) in [6.07, 6.45) is 0. The van der Waals surface area contributed by atoms with Gasteiger partial charge in [0, 0.05) is 22.7 Å². The van der Waals surface area contributed by atoms with Crippen LogP contribution in [0.5, 0.6) is 0 Å². The van der Waals surface area contributed by atoms with E-state index in [9.17, 15) is 9.59 Å². The summed E-state index contributed by atoms with van der Waals surface area (Å²) in [6, 6.07) is 15.0. The number of amides is 2. The normalized spacial score (nSPS) is 10.6. The Hall–Kier alpha value is -2.27. The minimum absolute atomic E-state index is 0.0671. The van der Waals surface area contributed by atoms with Crippen molar-refractivity contribution in [3.8, 4) is 0 Å². The van der Waals surface area contributed by atoms with E-state index in [4.69, 9.17) is 0 Å². The number of rotatable bonds is 7. The molecule has 0 aliphatic carbocycles. The molecule has 0 unspecified atom stereocenters. The Bertz CT molecular complexity index is 709. The van der Waals surface area contributed by atoms with Crippen molar-refractivity contribution in [2.45, 2.75) is 25.7 Å². The fraction of sp³-hybridized carbons (Fsp3) is 0.300. The van der Waals surface area contributed by atoms with E-state index in [1.165, 1.54) is 17.3 Å². The molecule has 0 atom stereocenters. The summed E-state index contributed by atoms with van der Waals surface area (Å²) in [5.74, 6) is 0.595. The van der Waals surface area contributed by atoms with Crippen molar-refractivity contribution < 1.29 is 9.59 Å². The second-order valence-electron chi connectivity index (χ2n) is 6.33. The molecular weight excluding hydrogens is 332 g/mol. The van der Waals surface area contributed by atoms with Crippen LogP contribution in [0.25, 0.3) is 0 Å². The monoisotopic (exact) mass is 356 g/mol. The van der Waals surface area contributed by atoms with Crippen LogP contribution in [0.1, 0.15) is 29.8 Å². The van der Waals surface area contributed by atoms with E-state index in [2.05, 4.69) is 10.6 Å². The lowest BCUT2D eigenvalue weighted by atomic mass is 10.1. The Kier molecular flexibility index (Phi) is 7.07. The minimum atomic E-state index is -0.0958. The minimum Gasteiger partial charge on any atom is -0.352 e. The molecule has 0 aliphatic heterocycles. The van der Waals surface area contributed by atoms with Crippen molar-refractivity contribution in [2.75, 3.05) is 17.6 Å². The van der Waals surface area contributed by atoms with Crippen molar-refractivity contribution in [3.05, 3.63) is 59.7 Å². The summed E-state index contributed by atoms with van der Waals surface area (Å²) in [7, 11) is 0. The van der Waals surface area contributed by atoms with E-state index in [-0.39, 0.29) is 11.8 Å². The van der Waals surface area contributed by atoms with Crippen LogP contribution in [0.3, 0.4) is 0 Å². The molecule has 2 aromatic carbocycles. The van der Waals surface area contributed by atoms with Gasteiger partial charge in [-0.15, -0.1) is 11.8 Å². The summed E-state index contributed by atoms with van der Waals surface area (Å²) in [5.41, 5.74) is 2.48. The summed E-state index contributed by atoms with van der Waals surface area (Å²) < 4.78 is 0. The zero-order valence-corrected chi connectivity index (χ0v) is 15.7. The standard InChI is InChI=1S/C20H24N2O2S/c1-14(2)12-21-20(24)16-6-8-17(9-7-16)22-19(23)13-25-18-10-4-15(3)5-11-18/h4-11,14H,12-13H2,1-3H3,(H,21,24)(H,22,23). The molecule has 4 nitrogen and oxygen atoms in total. The maximum atomic E-state index is 12.0. The number of carbonyl (C=O) groups is 2. The van der Waals surface area contributed by atoms with E-state index >= 15 is 0 Å². The van der Waals surface area contributed by atoms with Gasteiger partial charge in [-0.3, -0.25) is 9.59 Å². The number of hydrogen-bond donors (Lipinski definition) is 2. The second kappa shape index (κ2) is 9.28. The quantitative estimate of drug-likeness (QED) is 0.734. The third-order valence-corrected chi connectivity index (χ3v) is 4.50. The maximum Gasteiger partial charge on any atom is 0.251 e. The highest BCUT2D eigenvalue weighted by molar-refractivity contribution is 8.00. The van der Waals surface area contributed by atoms with Gasteiger partial charge in [0.15, 0.2) is 0 Å². The van der Waals surface area contributed by atoms with Gasteiger partial charge in [0.1, 0.15) is 0 Å². The van der Waals surface area contributed by atoms with Crippen LogP contribution in [-0.2, 0) is 4.79 Å². The number of benzene rings is 2. The predicted octanol–water partition coefficient (Wildman–Crippen LogP) is 4.11. The molecule has 2 aromatic rings. The summed E-state index contributed by atoms with van der Waals surface area (Å²) >= 11 is 1.50. The molecule has 0 heterocycles. The Balaban J connectivity index is 1.82. The first-order valence-corrected chi connectivity index (χ1v) is 9.30. The third-order valence-electron chi connectivity index (χ3n) is 3.49. The molecule has 0 aromatic heterocycles. The molecule has 2 amide bonds. The number of nitrogens with one attached hydrogen (secondary N) is 2. The van der Waals surface area contributed by atoms with Gasteiger partial charge >= 0.3 is 0 Å². The molecule has 0 aliphatic rings. The summed E-state index contributed by atoms with van der Waals surface area (Å²) in [4.78, 5) is 25.1. The molecule has 0 saturated heterocycles. The van der Waals surface area contributed by atoms with Gasteiger partial charge in [-0.1, -0.05) is 31.5 Å². The summed E-state index contributed by atoms with van der Waals surface area (Å²) in [6.45, 7) is 6.78. The lowest BCUT2D eigenvalue weighted by molar-refractivity contribution is -0.113. The van der Waals surface area contributed by atoms with E-state index < -0.39 is 0 Å². The van der Waals surface area contributed by atoms with Crippen molar-refractivity contribution in [1.29, 1.82) is 0 Å². The highest BCUT2D eigenvalue weighted by Gasteiger charge is 2.07. The zero-order chi connectivity index (χ0) is 18.2. The molecule has 0 spiro atoms. The molecule has 2 rings (SSSR count). The van der Waals surface area contributed by atoms with Gasteiger partial charge < -0.3 is 10.6 Å². The van der Waals surface area contributed by atoms with Gasteiger partial charge in [-0.2, -0.15) is 0 Å². The SMILES string of the molecule is Cc1ccc(SCC(=O)Nc2ccc(C(=O)NCC(C)C)cc2)cc1. The lowest BCUT2D eigenvalue weighted by Gasteiger charge is -2.09. The lowest BCUT2D eigenvalue weighted by Crippen LogP contribution is -2.27. The third kappa shape index (κ3) is 6.63. The molecule has 25 heavy (non-hydrogen) atoms. The predicted molar refractivity (Wildman–Crippen MR) is 104 cm³/mol. The van der Waals surface area contributed by atoms with Crippen molar-refractivity contribution in [3.63, 3.8) is 0 Å². The van der Waals surface area contributed by atoms with Crippen LogP contribution in [0.4, 0.5) is 5.69 Å². The molecule has 0 saturated carbocycles. The van der Waals surface area contributed by atoms with E-state index in [0.29, 0.717) is 29.5 Å². The molecule has 0 bridgehead atoms. The van der Waals surface area contributed by atoms with Crippen molar-refractivity contribution >= 4 is 29.3 Å². The fourth-order valence-corrected chi connectivity index (χ4v) is 2.78. The van der Waals surface area contributed by atoms with Gasteiger partial charge in [0.05, 0.1) is 5.75 Å². The van der Waals surface area contributed by atoms with Gasteiger partial charge in [-0.05, 0) is 49.2 Å². The molecule has 0 radical (unpaired) electrons. The van der Waals surface area contributed by atoms with E-state index in [0.717, 1.165) is 4.90 Å². The second-order valence-corrected chi connectivity index (χ2v) is 7.38. The van der Waals surface area contributed by atoms with Crippen molar-refractivity contribution in [2.24, 2.45) is 5.92 Å². The smallest absolute Gasteiger partial charge is 0.251 e. The topological polar surface area (TPSA) is 58.2 Å². The van der Waals surface area contributed by atoms with Gasteiger partial charge in [-0.25, -0.2) is 0 Å². The van der Waals surface area contributed by atoms with Crippen LogP contribution in [0.2, 0.25) is 0 Å². The first-order chi connectivity index (χ1) is 11.9. The molecule has 132 valence electrons. The number of hydrogen-bond acceptors (Lipinski definition) is 3. The molecule has 0 fully saturated rings. The molecule has 2 N–H and O–H groups in total. The van der Waals surface area contributed by atoms with Crippen LogP contribution < -0.4 is 10.6 Å². The highest BCUT2D eigenvalue weighted by Crippen LogP contribution is 2.19. The zero-order valence-electron chi connectivity index (χ0n) is 14.8. The van der Waals surface area contributed by atoms with Crippen molar-refractivity contribution in [1.82, 2.24) is 5.32 Å². The van der Waals surface area contributed by atoms with Crippen LogP contribution in [0, 0.1) is 12.8 Å². The Morgan fingerprint density at radius 2 is 1.64 bits per heavy atom. The number of thioether (sulfide) groups is 1. The number of anilines is 1. The van der Waals surface area contributed by atoms with Gasteiger partial charge in [0.2, 0.25) is 5.91 Å². The Labute approximate surface area is 153 Å². The van der Waals surface area contributed by atoms with Crippen LogP contribution in [0.15, 0.2) is 53.4 Å². The first kappa shape index (κ1) is 19.1. The Morgan fingerprint density at radius 1 is 1.00 bits per heavy atom. The van der Waals surface area contributed by atoms with E-state index in [1.54, 1.807) is 24.3 Å². The average molecular weight is 356 g/mol. The molecular formula is C20H24N2O2S. The van der Waals surface area contributed by atoms with Gasteiger partial charge in [0.25, 0.3) is 5.91 Å². The largest absolute Gasteiger partial charge is 0.352 e. The summed E-state index contributed by atoms with van der Waals surface area (Å²) in [5, 5.41) is 5.72. The average Bonchev–Trinajstić information content (AvgIpc) is 2.60. The first-order valence-electron chi connectivity index (χ1n) is 8.31. The Morgan fingerprint density at radius 3 is 2.24 bits per heavy atom. The maximum absolute atomic E-state index is 12.0. The highest BCUT2D eigenvalue weighted by atomic mass is 32.2. The molecule has 5 heteroatoms. The van der Waals surface area contributed by atoms with Crippen LogP contribution >= 0.6 is 11.8 Å². The van der Waals surface area contributed by atoms with E-state index in [1.807, 2.05) is 45.0 Å².